The summed E-state index contributed by atoms with van der Waals surface area (Å²) in [6.07, 6.45) is 0. The number of rotatable bonds is 6. The highest BCUT2D eigenvalue weighted by Crippen LogP contribution is 2.28. The van der Waals surface area contributed by atoms with E-state index in [-0.39, 0.29) is 10.6 Å². The van der Waals surface area contributed by atoms with E-state index in [9.17, 15) is 18.5 Å². The maximum Gasteiger partial charge on any atom is 0.276 e. The van der Waals surface area contributed by atoms with Crippen molar-refractivity contribution < 1.29 is 13.3 Å². The second-order valence-corrected chi connectivity index (χ2v) is 8.64. The Morgan fingerprint density at radius 2 is 1.52 bits per heavy atom. The number of hydrogen-bond acceptors (Lipinski definition) is 5. The van der Waals surface area contributed by atoms with Crippen LogP contribution in [0.4, 0.5) is 5.69 Å². The highest BCUT2D eigenvalue weighted by Gasteiger charge is 2.19. The topological polar surface area (TPSA) is 107 Å². The molecule has 0 bridgehead atoms. The van der Waals surface area contributed by atoms with Crippen LogP contribution in [0.1, 0.15) is 0 Å². The lowest BCUT2D eigenvalue weighted by Crippen LogP contribution is -2.25. The van der Waals surface area contributed by atoms with Gasteiger partial charge in [0.2, 0.25) is 0 Å². The Morgan fingerprint density at radius 1 is 0.903 bits per heavy atom. The lowest BCUT2D eigenvalue weighted by atomic mass is 10.1. The van der Waals surface area contributed by atoms with Crippen LogP contribution in [0, 0.1) is 10.1 Å². The molecule has 8 nitrogen and oxygen atoms in total. The molecule has 0 radical (unpaired) electrons. The molecule has 31 heavy (non-hydrogen) atoms. The maximum atomic E-state index is 12.8. The van der Waals surface area contributed by atoms with Gasteiger partial charge in [0.1, 0.15) is 0 Å². The molecule has 0 saturated carbocycles. The van der Waals surface area contributed by atoms with Crippen molar-refractivity contribution >= 4 is 27.3 Å². The zero-order valence-corrected chi connectivity index (χ0v) is 17.4. The van der Waals surface area contributed by atoms with Crippen LogP contribution in [-0.4, -0.2) is 23.2 Å². The molecule has 3 aromatic carbocycles. The number of aromatic nitrogens is 2. The van der Waals surface area contributed by atoms with Crippen LogP contribution in [0.3, 0.4) is 0 Å². The van der Waals surface area contributed by atoms with Crippen molar-refractivity contribution in [1.29, 1.82) is 0 Å². The number of sulfonamides is 1. The molecule has 0 aliphatic rings. The average Bonchev–Trinajstić information content (AvgIpc) is 3.18. The SMILES string of the molecule is O=[N+]([O-])c1ccc(-c2cc(-c3ccc(Cl)cc3)nn2NS(=O)(=O)c2ccccc2)cc1. The fraction of sp³-hybridized carbons (Fsp3) is 0. The van der Waals surface area contributed by atoms with Crippen molar-refractivity contribution in [1.82, 2.24) is 9.89 Å². The standard InChI is InChI=1S/C21H15ClN4O4S/c22-17-10-6-15(7-11-17)20-14-21(16-8-12-18(13-9-16)26(27)28)25(23-20)24-31(29,30)19-4-2-1-3-5-19/h1-14,24H. The lowest BCUT2D eigenvalue weighted by Gasteiger charge is -2.11. The van der Waals surface area contributed by atoms with Gasteiger partial charge in [-0.15, -0.1) is 0 Å². The number of nitrogens with one attached hydrogen (secondary N) is 1. The second kappa shape index (κ2) is 8.21. The van der Waals surface area contributed by atoms with Gasteiger partial charge in [-0.25, -0.2) is 0 Å². The Labute approximate surface area is 182 Å². The molecule has 156 valence electrons. The summed E-state index contributed by atoms with van der Waals surface area (Å²) in [6.45, 7) is 0. The number of nitro benzene ring substituents is 1. The minimum Gasteiger partial charge on any atom is -0.258 e. The molecule has 0 atom stereocenters. The normalized spacial score (nSPS) is 11.3. The van der Waals surface area contributed by atoms with Crippen LogP contribution in [0.25, 0.3) is 22.5 Å². The summed E-state index contributed by atoms with van der Waals surface area (Å²) in [5.41, 5.74) is 2.12. The van der Waals surface area contributed by atoms with E-state index in [4.69, 9.17) is 11.6 Å². The van der Waals surface area contributed by atoms with E-state index < -0.39 is 14.9 Å². The molecule has 4 rings (SSSR count). The van der Waals surface area contributed by atoms with Crippen LogP contribution >= 0.6 is 11.6 Å². The van der Waals surface area contributed by atoms with E-state index in [2.05, 4.69) is 9.93 Å². The highest BCUT2D eigenvalue weighted by molar-refractivity contribution is 7.92. The molecular weight excluding hydrogens is 440 g/mol. The van der Waals surface area contributed by atoms with Crippen LogP contribution in [0.2, 0.25) is 5.02 Å². The molecule has 0 amide bonds. The van der Waals surface area contributed by atoms with Crippen molar-refractivity contribution in [2.75, 3.05) is 4.83 Å². The number of benzene rings is 3. The molecule has 4 aromatic rings. The summed E-state index contributed by atoms with van der Waals surface area (Å²) in [7, 11) is -3.92. The van der Waals surface area contributed by atoms with Crippen LogP contribution < -0.4 is 4.83 Å². The Bertz CT molecular complexity index is 1340. The van der Waals surface area contributed by atoms with E-state index in [0.717, 1.165) is 10.4 Å². The maximum absolute atomic E-state index is 12.8. The third kappa shape index (κ3) is 4.42. The molecule has 0 aliphatic carbocycles. The monoisotopic (exact) mass is 454 g/mol. The minimum absolute atomic E-state index is 0.0717. The van der Waals surface area contributed by atoms with E-state index >= 15 is 0 Å². The summed E-state index contributed by atoms with van der Waals surface area (Å²) < 4.78 is 25.7. The van der Waals surface area contributed by atoms with Crippen LogP contribution in [0.5, 0.6) is 0 Å². The lowest BCUT2D eigenvalue weighted by molar-refractivity contribution is -0.384. The van der Waals surface area contributed by atoms with Gasteiger partial charge in [-0.2, -0.15) is 23.1 Å². The molecular formula is C21H15ClN4O4S. The van der Waals surface area contributed by atoms with Crippen molar-refractivity contribution in [3.63, 3.8) is 0 Å². The fourth-order valence-electron chi connectivity index (χ4n) is 2.94. The third-order valence-corrected chi connectivity index (χ3v) is 6.04. The summed E-state index contributed by atoms with van der Waals surface area (Å²) in [6, 6.07) is 22.3. The first-order valence-electron chi connectivity index (χ1n) is 9.02. The smallest absolute Gasteiger partial charge is 0.258 e. The molecule has 1 N–H and O–H groups in total. The first kappa shape index (κ1) is 20.6. The van der Waals surface area contributed by atoms with Crippen molar-refractivity contribution in [2.45, 2.75) is 4.90 Å². The van der Waals surface area contributed by atoms with E-state index in [1.54, 1.807) is 48.5 Å². The Hall–Kier alpha value is -3.69. The number of hydrogen-bond donors (Lipinski definition) is 1. The Balaban J connectivity index is 1.80. The first-order valence-corrected chi connectivity index (χ1v) is 10.9. The number of nitrogens with zero attached hydrogens (tertiary/aromatic N) is 3. The number of nitro groups is 1. The van der Waals surface area contributed by atoms with Crippen LogP contribution in [0.15, 0.2) is 89.8 Å². The van der Waals surface area contributed by atoms with Crippen LogP contribution in [-0.2, 0) is 10.0 Å². The van der Waals surface area contributed by atoms with Gasteiger partial charge in [-0.05, 0) is 42.5 Å². The first-order chi connectivity index (χ1) is 14.8. The van der Waals surface area contributed by atoms with E-state index in [0.29, 0.717) is 22.0 Å². The van der Waals surface area contributed by atoms with Gasteiger partial charge in [0.05, 0.1) is 21.2 Å². The highest BCUT2D eigenvalue weighted by atomic mass is 35.5. The molecule has 0 saturated heterocycles. The molecule has 10 heteroatoms. The van der Waals surface area contributed by atoms with Crippen molar-refractivity contribution in [3.8, 4) is 22.5 Å². The van der Waals surface area contributed by atoms with E-state index in [1.807, 2.05) is 0 Å². The van der Waals surface area contributed by atoms with Gasteiger partial charge in [-0.1, -0.05) is 41.9 Å². The second-order valence-electron chi connectivity index (χ2n) is 6.55. The predicted molar refractivity (Wildman–Crippen MR) is 118 cm³/mol. The summed E-state index contributed by atoms with van der Waals surface area (Å²) in [5, 5.41) is 15.9. The number of halogens is 1. The van der Waals surface area contributed by atoms with Gasteiger partial charge in [0.15, 0.2) is 0 Å². The Kier molecular flexibility index (Phi) is 5.45. The zero-order chi connectivity index (χ0) is 22.0. The zero-order valence-electron chi connectivity index (χ0n) is 15.8. The summed E-state index contributed by atoms with van der Waals surface area (Å²) >= 11 is 5.95. The molecule has 1 aromatic heterocycles. The molecule has 0 spiro atoms. The summed E-state index contributed by atoms with van der Waals surface area (Å²) in [5.74, 6) is 0. The molecule has 0 aliphatic heterocycles. The molecule has 1 heterocycles. The van der Waals surface area contributed by atoms with E-state index in [1.165, 1.54) is 36.4 Å². The fourth-order valence-corrected chi connectivity index (χ4v) is 4.05. The summed E-state index contributed by atoms with van der Waals surface area (Å²) in [4.78, 5) is 14.1. The van der Waals surface area contributed by atoms with Crippen molar-refractivity contribution in [3.05, 3.63) is 100 Å². The molecule has 0 unspecified atom stereocenters. The average molecular weight is 455 g/mol. The van der Waals surface area contributed by atoms with Gasteiger partial charge < -0.3 is 0 Å². The van der Waals surface area contributed by atoms with Gasteiger partial charge in [-0.3, -0.25) is 10.1 Å². The van der Waals surface area contributed by atoms with Gasteiger partial charge in [0.25, 0.3) is 15.7 Å². The minimum atomic E-state index is -3.92. The Morgan fingerprint density at radius 3 is 2.13 bits per heavy atom. The third-order valence-electron chi connectivity index (χ3n) is 4.48. The molecule has 0 fully saturated rings. The largest absolute Gasteiger partial charge is 0.276 e. The number of non-ortho nitro benzene ring substituents is 1. The predicted octanol–water partition coefficient (Wildman–Crippen LogP) is 4.71. The van der Waals surface area contributed by atoms with Crippen molar-refractivity contribution in [2.24, 2.45) is 0 Å². The van der Waals surface area contributed by atoms with Gasteiger partial charge >= 0.3 is 0 Å². The quantitative estimate of drug-likeness (QED) is 0.335. The van der Waals surface area contributed by atoms with Gasteiger partial charge in [0, 0.05) is 28.3 Å².